The molecule has 19 heavy (non-hydrogen) atoms. The molecule has 4 heteroatoms. The summed E-state index contributed by atoms with van der Waals surface area (Å²) in [6.45, 7) is 0.781. The van der Waals surface area contributed by atoms with Gasteiger partial charge in [-0.2, -0.15) is 0 Å². The molecule has 2 rings (SSSR count). The Morgan fingerprint density at radius 1 is 1.37 bits per heavy atom. The lowest BCUT2D eigenvalue weighted by atomic mass is 9.91. The quantitative estimate of drug-likeness (QED) is 0.891. The molecule has 0 spiro atoms. The van der Waals surface area contributed by atoms with Crippen molar-refractivity contribution >= 4 is 17.3 Å². The highest BCUT2D eigenvalue weighted by Crippen LogP contribution is 2.30. The summed E-state index contributed by atoms with van der Waals surface area (Å²) in [6.07, 6.45) is 4.07. The monoisotopic (exact) mass is 282 g/mol. The van der Waals surface area contributed by atoms with Crippen LogP contribution in [0.4, 0.5) is 5.69 Å². The number of benzene rings is 1. The van der Waals surface area contributed by atoms with Crippen molar-refractivity contribution in [3.05, 3.63) is 28.8 Å². The summed E-state index contributed by atoms with van der Waals surface area (Å²) in [6, 6.07) is 6.18. The average molecular weight is 283 g/mol. The van der Waals surface area contributed by atoms with Gasteiger partial charge in [-0.3, -0.25) is 0 Å². The van der Waals surface area contributed by atoms with Gasteiger partial charge in [0.05, 0.1) is 12.1 Å². The van der Waals surface area contributed by atoms with Crippen LogP contribution >= 0.6 is 11.6 Å². The average Bonchev–Trinajstić information content (AvgIpc) is 2.39. The predicted molar refractivity (Wildman–Crippen MR) is 80.9 cm³/mol. The van der Waals surface area contributed by atoms with E-state index >= 15 is 0 Å². The molecule has 1 aliphatic carbocycles. The van der Waals surface area contributed by atoms with E-state index in [2.05, 4.69) is 23.3 Å². The van der Waals surface area contributed by atoms with E-state index in [0.29, 0.717) is 0 Å². The first kappa shape index (κ1) is 14.6. The summed E-state index contributed by atoms with van der Waals surface area (Å²) < 4.78 is 0. The molecule has 1 aliphatic rings. The number of nitrogens with zero attached hydrogens (tertiary/aromatic N) is 1. The standard InChI is InChI=1S/C15H23ClN2O/c1-17-10-11-9-12(16)7-8-13(11)18(2)14-5-3-4-6-15(14)19/h7-9,14-15,17,19H,3-6,10H2,1-2H3. The Hall–Kier alpha value is -0.770. The van der Waals surface area contributed by atoms with Crippen LogP contribution in [0.2, 0.25) is 5.02 Å². The molecule has 0 heterocycles. The van der Waals surface area contributed by atoms with Gasteiger partial charge in [0.25, 0.3) is 0 Å². The summed E-state index contributed by atoms with van der Waals surface area (Å²) in [5, 5.41) is 14.1. The number of nitrogens with one attached hydrogen (secondary N) is 1. The lowest BCUT2D eigenvalue weighted by Gasteiger charge is -2.37. The highest BCUT2D eigenvalue weighted by Gasteiger charge is 2.27. The van der Waals surface area contributed by atoms with E-state index < -0.39 is 0 Å². The first-order valence-corrected chi connectivity index (χ1v) is 7.35. The number of hydrogen-bond donors (Lipinski definition) is 2. The summed E-state index contributed by atoms with van der Waals surface area (Å²) in [7, 11) is 4.00. The van der Waals surface area contributed by atoms with E-state index in [9.17, 15) is 5.11 Å². The third kappa shape index (κ3) is 3.41. The van der Waals surface area contributed by atoms with E-state index in [0.717, 1.165) is 36.5 Å². The molecule has 2 N–H and O–H groups in total. The number of aliphatic hydroxyl groups excluding tert-OH is 1. The highest BCUT2D eigenvalue weighted by atomic mass is 35.5. The minimum absolute atomic E-state index is 0.213. The second-order valence-corrected chi connectivity index (χ2v) is 5.77. The number of rotatable bonds is 4. The summed E-state index contributed by atoms with van der Waals surface area (Å²) >= 11 is 6.08. The Labute approximate surface area is 120 Å². The van der Waals surface area contributed by atoms with Gasteiger partial charge in [0.1, 0.15) is 0 Å². The Kier molecular flexibility index (Phi) is 5.08. The van der Waals surface area contributed by atoms with E-state index in [1.807, 2.05) is 19.2 Å². The van der Waals surface area contributed by atoms with Crippen LogP contribution in [0.1, 0.15) is 31.2 Å². The van der Waals surface area contributed by atoms with Crippen molar-refractivity contribution in [2.75, 3.05) is 19.0 Å². The molecule has 1 fully saturated rings. The van der Waals surface area contributed by atoms with Gasteiger partial charge in [0, 0.05) is 24.3 Å². The van der Waals surface area contributed by atoms with Crippen LogP contribution in [0.3, 0.4) is 0 Å². The smallest absolute Gasteiger partial charge is 0.0743 e. The molecule has 106 valence electrons. The maximum atomic E-state index is 10.2. The number of aliphatic hydroxyl groups is 1. The van der Waals surface area contributed by atoms with Gasteiger partial charge in [0.15, 0.2) is 0 Å². The molecular weight excluding hydrogens is 260 g/mol. The van der Waals surface area contributed by atoms with Gasteiger partial charge >= 0.3 is 0 Å². The molecule has 1 aromatic carbocycles. The van der Waals surface area contributed by atoms with Crippen LogP contribution in [0.15, 0.2) is 18.2 Å². The summed E-state index contributed by atoms with van der Waals surface area (Å²) in [4.78, 5) is 2.22. The zero-order valence-electron chi connectivity index (χ0n) is 11.7. The number of hydrogen-bond acceptors (Lipinski definition) is 3. The van der Waals surface area contributed by atoms with Crippen LogP contribution in [0.25, 0.3) is 0 Å². The molecule has 0 bridgehead atoms. The molecule has 2 unspecified atom stereocenters. The van der Waals surface area contributed by atoms with E-state index in [-0.39, 0.29) is 12.1 Å². The second kappa shape index (κ2) is 6.60. The van der Waals surface area contributed by atoms with Gasteiger partial charge in [-0.25, -0.2) is 0 Å². The van der Waals surface area contributed by atoms with Gasteiger partial charge in [-0.1, -0.05) is 24.4 Å². The molecule has 3 nitrogen and oxygen atoms in total. The molecule has 2 atom stereocenters. The van der Waals surface area contributed by atoms with E-state index in [4.69, 9.17) is 11.6 Å². The van der Waals surface area contributed by atoms with Gasteiger partial charge in [-0.05, 0) is 43.7 Å². The normalized spacial score (nSPS) is 23.4. The number of halogens is 1. The Balaban J connectivity index is 2.24. The fourth-order valence-electron chi connectivity index (χ4n) is 2.95. The number of anilines is 1. The Morgan fingerprint density at radius 2 is 2.11 bits per heavy atom. The largest absolute Gasteiger partial charge is 0.391 e. The molecule has 1 aromatic rings. The Bertz CT molecular complexity index is 425. The SMILES string of the molecule is CNCc1cc(Cl)ccc1N(C)C1CCCCC1O. The van der Waals surface area contributed by atoms with Crippen molar-refractivity contribution in [1.82, 2.24) is 5.32 Å². The van der Waals surface area contributed by atoms with Crippen LogP contribution in [0, 0.1) is 0 Å². The van der Waals surface area contributed by atoms with Gasteiger partial charge < -0.3 is 15.3 Å². The number of likely N-dealkylation sites (N-methyl/N-ethyl adjacent to an activating group) is 1. The second-order valence-electron chi connectivity index (χ2n) is 5.33. The molecule has 0 amide bonds. The maximum Gasteiger partial charge on any atom is 0.0743 e. The topological polar surface area (TPSA) is 35.5 Å². The highest BCUT2D eigenvalue weighted by molar-refractivity contribution is 6.30. The zero-order valence-corrected chi connectivity index (χ0v) is 12.5. The fraction of sp³-hybridized carbons (Fsp3) is 0.600. The van der Waals surface area contributed by atoms with Crippen molar-refractivity contribution in [3.8, 4) is 0 Å². The summed E-state index contributed by atoms with van der Waals surface area (Å²) in [5.74, 6) is 0. The molecule has 0 aromatic heterocycles. The lowest BCUT2D eigenvalue weighted by molar-refractivity contribution is 0.106. The maximum absolute atomic E-state index is 10.2. The Morgan fingerprint density at radius 3 is 2.79 bits per heavy atom. The molecule has 0 aliphatic heterocycles. The van der Waals surface area contributed by atoms with Crippen LogP contribution < -0.4 is 10.2 Å². The first-order valence-electron chi connectivity index (χ1n) is 6.97. The van der Waals surface area contributed by atoms with Crippen LogP contribution in [0.5, 0.6) is 0 Å². The van der Waals surface area contributed by atoms with E-state index in [1.165, 1.54) is 12.0 Å². The van der Waals surface area contributed by atoms with Crippen LogP contribution in [-0.4, -0.2) is 31.3 Å². The minimum Gasteiger partial charge on any atom is -0.391 e. The predicted octanol–water partition coefficient (Wildman–Crippen LogP) is 2.80. The van der Waals surface area contributed by atoms with Crippen molar-refractivity contribution < 1.29 is 5.11 Å². The minimum atomic E-state index is -0.225. The lowest BCUT2D eigenvalue weighted by Crippen LogP contribution is -2.43. The van der Waals surface area contributed by atoms with Crippen molar-refractivity contribution in [2.24, 2.45) is 0 Å². The molecule has 1 saturated carbocycles. The third-order valence-corrected chi connectivity index (χ3v) is 4.22. The molecule has 0 radical (unpaired) electrons. The van der Waals surface area contributed by atoms with Crippen LogP contribution in [-0.2, 0) is 6.54 Å². The first-order chi connectivity index (χ1) is 9.13. The summed E-state index contributed by atoms with van der Waals surface area (Å²) in [5.41, 5.74) is 2.33. The molecular formula is C15H23ClN2O. The zero-order chi connectivity index (χ0) is 13.8. The van der Waals surface area contributed by atoms with Crippen molar-refractivity contribution in [3.63, 3.8) is 0 Å². The third-order valence-electron chi connectivity index (χ3n) is 3.98. The van der Waals surface area contributed by atoms with Gasteiger partial charge in [0.2, 0.25) is 0 Å². The van der Waals surface area contributed by atoms with E-state index in [1.54, 1.807) is 0 Å². The molecule has 0 saturated heterocycles. The van der Waals surface area contributed by atoms with Gasteiger partial charge in [-0.15, -0.1) is 0 Å². The van der Waals surface area contributed by atoms with Crippen molar-refractivity contribution in [1.29, 1.82) is 0 Å². The fourth-order valence-corrected chi connectivity index (χ4v) is 3.15. The van der Waals surface area contributed by atoms with Crippen molar-refractivity contribution in [2.45, 2.75) is 44.4 Å².